The minimum Gasteiger partial charge on any atom is -0.358 e. The number of rotatable bonds is 5. The van der Waals surface area contributed by atoms with Crippen LogP contribution in [0.25, 0.3) is 0 Å². The van der Waals surface area contributed by atoms with Crippen LogP contribution in [-0.2, 0) is 4.79 Å². The normalized spacial score (nSPS) is 10.3. The molecule has 0 bridgehead atoms. The number of amides is 1. The molecule has 0 radical (unpaired) electrons. The second-order valence-corrected chi connectivity index (χ2v) is 4.52. The number of anilines is 1. The van der Waals surface area contributed by atoms with Gasteiger partial charge in [0.05, 0.1) is 6.54 Å². The van der Waals surface area contributed by atoms with E-state index in [4.69, 9.17) is 11.6 Å². The number of likely N-dealkylation sites (N-methyl/N-ethyl adjacent to an activating group) is 1. The summed E-state index contributed by atoms with van der Waals surface area (Å²) in [7, 11) is 1.62. The molecule has 0 saturated heterocycles. The van der Waals surface area contributed by atoms with Crippen LogP contribution < -0.4 is 10.2 Å². The third-order valence-corrected chi connectivity index (χ3v) is 3.21. The summed E-state index contributed by atoms with van der Waals surface area (Å²) in [5.41, 5.74) is 1.87. The average molecular weight is 271 g/mol. The molecule has 0 aliphatic heterocycles. The average Bonchev–Trinajstić information content (AvgIpc) is 2.35. The molecule has 0 fully saturated rings. The number of carbonyl (C=O) groups excluding carboxylic acids is 1. The summed E-state index contributed by atoms with van der Waals surface area (Å²) in [6, 6.07) is 0. The van der Waals surface area contributed by atoms with Crippen LogP contribution in [0.15, 0.2) is 0 Å². The molecule has 0 saturated carbocycles. The Bertz CT molecular complexity index is 436. The summed E-state index contributed by atoms with van der Waals surface area (Å²) < 4.78 is 0. The molecule has 0 spiro atoms. The van der Waals surface area contributed by atoms with Crippen molar-refractivity contribution >= 4 is 23.3 Å². The van der Waals surface area contributed by atoms with E-state index in [9.17, 15) is 4.79 Å². The van der Waals surface area contributed by atoms with Crippen LogP contribution >= 0.6 is 11.6 Å². The number of nitrogens with zero attached hydrogens (tertiary/aromatic N) is 3. The van der Waals surface area contributed by atoms with E-state index in [1.165, 1.54) is 0 Å². The van der Waals surface area contributed by atoms with Crippen LogP contribution in [0.3, 0.4) is 0 Å². The van der Waals surface area contributed by atoms with Gasteiger partial charge in [-0.1, -0.05) is 18.5 Å². The summed E-state index contributed by atoms with van der Waals surface area (Å²) >= 11 is 5.93. The van der Waals surface area contributed by atoms with Crippen molar-refractivity contribution in [3.63, 3.8) is 0 Å². The highest BCUT2D eigenvalue weighted by atomic mass is 35.5. The maximum atomic E-state index is 11.5. The topological polar surface area (TPSA) is 58.1 Å². The fourth-order valence-electron chi connectivity index (χ4n) is 1.65. The minimum atomic E-state index is -0.0442. The maximum Gasteiger partial charge on any atom is 0.239 e. The zero-order valence-electron chi connectivity index (χ0n) is 11.2. The van der Waals surface area contributed by atoms with Crippen molar-refractivity contribution in [2.45, 2.75) is 27.2 Å². The molecule has 1 rings (SSSR count). The van der Waals surface area contributed by atoms with Gasteiger partial charge in [0, 0.05) is 13.6 Å². The van der Waals surface area contributed by atoms with E-state index in [1.54, 1.807) is 7.05 Å². The highest BCUT2D eigenvalue weighted by Gasteiger charge is 2.16. The van der Waals surface area contributed by atoms with Gasteiger partial charge >= 0.3 is 0 Å². The zero-order chi connectivity index (χ0) is 13.7. The molecule has 1 N–H and O–H groups in total. The number of nitrogens with one attached hydrogen (secondary N) is 1. The van der Waals surface area contributed by atoms with Gasteiger partial charge in [0.15, 0.2) is 11.0 Å². The van der Waals surface area contributed by atoms with Gasteiger partial charge in [0.25, 0.3) is 0 Å². The van der Waals surface area contributed by atoms with E-state index in [1.807, 2.05) is 18.7 Å². The Balaban J connectivity index is 3.05. The number of hydrogen-bond acceptors (Lipinski definition) is 4. The number of hydrogen-bond donors (Lipinski definition) is 1. The molecule has 0 aromatic carbocycles. The molecule has 1 aromatic rings. The van der Waals surface area contributed by atoms with E-state index in [0.29, 0.717) is 5.15 Å². The Kier molecular flexibility index (Phi) is 5.34. The van der Waals surface area contributed by atoms with Crippen molar-refractivity contribution in [1.82, 2.24) is 15.5 Å². The molecule has 0 unspecified atom stereocenters. The molecule has 5 nitrogen and oxygen atoms in total. The Hall–Kier alpha value is -1.36. The first-order valence-corrected chi connectivity index (χ1v) is 6.34. The SMILES string of the molecule is CCCN(CC(=O)NC)c1nnc(Cl)c(C)c1C. The standard InChI is InChI=1S/C12H19ClN4O/c1-5-6-17(7-10(18)14-4)12-9(3)8(2)11(13)15-16-12/h5-7H2,1-4H3,(H,14,18). The molecule has 6 heteroatoms. The molecule has 100 valence electrons. The molecule has 1 heterocycles. The summed E-state index contributed by atoms with van der Waals surface area (Å²) in [5, 5.41) is 11.1. The lowest BCUT2D eigenvalue weighted by molar-refractivity contribution is -0.119. The Morgan fingerprint density at radius 2 is 2.00 bits per heavy atom. The van der Waals surface area contributed by atoms with Crippen molar-refractivity contribution in [2.24, 2.45) is 0 Å². The summed E-state index contributed by atoms with van der Waals surface area (Å²) in [6.07, 6.45) is 0.930. The van der Waals surface area contributed by atoms with Gasteiger partial charge in [-0.3, -0.25) is 4.79 Å². The van der Waals surface area contributed by atoms with E-state index >= 15 is 0 Å². The summed E-state index contributed by atoms with van der Waals surface area (Å²) in [6.45, 7) is 6.94. The zero-order valence-corrected chi connectivity index (χ0v) is 12.0. The first-order chi connectivity index (χ1) is 8.51. The predicted octanol–water partition coefficient (Wildman–Crippen LogP) is 1.71. The predicted molar refractivity (Wildman–Crippen MR) is 73.1 cm³/mol. The minimum absolute atomic E-state index is 0.0442. The maximum absolute atomic E-state index is 11.5. The van der Waals surface area contributed by atoms with Gasteiger partial charge in [-0.05, 0) is 31.4 Å². The van der Waals surface area contributed by atoms with Crippen LogP contribution in [0.4, 0.5) is 5.82 Å². The van der Waals surface area contributed by atoms with Crippen molar-refractivity contribution in [2.75, 3.05) is 25.0 Å². The van der Waals surface area contributed by atoms with Crippen molar-refractivity contribution in [1.29, 1.82) is 0 Å². The Morgan fingerprint density at radius 1 is 1.33 bits per heavy atom. The number of carbonyl (C=O) groups is 1. The molecule has 0 aliphatic carbocycles. The van der Waals surface area contributed by atoms with Crippen molar-refractivity contribution in [3.05, 3.63) is 16.3 Å². The van der Waals surface area contributed by atoms with Crippen LogP contribution in [0, 0.1) is 13.8 Å². The molecular weight excluding hydrogens is 252 g/mol. The van der Waals surface area contributed by atoms with Crippen LogP contribution in [0.2, 0.25) is 5.15 Å². The first-order valence-electron chi connectivity index (χ1n) is 5.96. The first kappa shape index (κ1) is 14.7. The summed E-state index contributed by atoms with van der Waals surface area (Å²) in [5.74, 6) is 0.680. The van der Waals surface area contributed by atoms with E-state index in [-0.39, 0.29) is 12.5 Å². The fourth-order valence-corrected chi connectivity index (χ4v) is 1.83. The third kappa shape index (κ3) is 3.32. The lowest BCUT2D eigenvalue weighted by Crippen LogP contribution is -2.37. The van der Waals surface area contributed by atoms with Gasteiger partial charge < -0.3 is 10.2 Å². The highest BCUT2D eigenvalue weighted by molar-refractivity contribution is 6.30. The van der Waals surface area contributed by atoms with Gasteiger partial charge in [-0.15, -0.1) is 10.2 Å². The summed E-state index contributed by atoms with van der Waals surface area (Å²) in [4.78, 5) is 13.4. The van der Waals surface area contributed by atoms with Crippen LogP contribution in [-0.4, -0.2) is 36.2 Å². The largest absolute Gasteiger partial charge is 0.358 e. The highest BCUT2D eigenvalue weighted by Crippen LogP contribution is 2.23. The quantitative estimate of drug-likeness (QED) is 0.885. The van der Waals surface area contributed by atoms with Gasteiger partial charge in [0.1, 0.15) is 0 Å². The lowest BCUT2D eigenvalue weighted by Gasteiger charge is -2.24. The van der Waals surface area contributed by atoms with E-state index < -0.39 is 0 Å². The van der Waals surface area contributed by atoms with Gasteiger partial charge in [0.2, 0.25) is 5.91 Å². The number of halogens is 1. The molecular formula is C12H19ClN4O. The van der Waals surface area contributed by atoms with E-state index in [2.05, 4.69) is 22.4 Å². The molecule has 1 aromatic heterocycles. The Labute approximate surface area is 113 Å². The molecule has 1 amide bonds. The second-order valence-electron chi connectivity index (χ2n) is 4.16. The lowest BCUT2D eigenvalue weighted by atomic mass is 10.2. The van der Waals surface area contributed by atoms with Crippen LogP contribution in [0.1, 0.15) is 24.5 Å². The monoisotopic (exact) mass is 270 g/mol. The van der Waals surface area contributed by atoms with Gasteiger partial charge in [-0.2, -0.15) is 0 Å². The number of aromatic nitrogens is 2. The smallest absolute Gasteiger partial charge is 0.239 e. The third-order valence-electron chi connectivity index (χ3n) is 2.85. The van der Waals surface area contributed by atoms with Gasteiger partial charge in [-0.25, -0.2) is 0 Å². The molecule has 0 atom stereocenters. The van der Waals surface area contributed by atoms with Crippen molar-refractivity contribution < 1.29 is 4.79 Å². The van der Waals surface area contributed by atoms with E-state index in [0.717, 1.165) is 29.9 Å². The van der Waals surface area contributed by atoms with Crippen LogP contribution in [0.5, 0.6) is 0 Å². The second kappa shape index (κ2) is 6.54. The molecule has 0 aliphatic rings. The molecule has 18 heavy (non-hydrogen) atoms. The Morgan fingerprint density at radius 3 is 2.56 bits per heavy atom. The fraction of sp³-hybridized carbons (Fsp3) is 0.583. The van der Waals surface area contributed by atoms with Crippen molar-refractivity contribution in [3.8, 4) is 0 Å².